The Morgan fingerprint density at radius 2 is 2.56 bits per heavy atom. The number of aromatic nitrogens is 1. The second kappa shape index (κ2) is 6.11. The lowest BCUT2D eigenvalue weighted by molar-refractivity contribution is -0.121. The summed E-state index contributed by atoms with van der Waals surface area (Å²) in [6, 6.07) is 0. The van der Waals surface area contributed by atoms with Gasteiger partial charge in [-0.1, -0.05) is 12.2 Å². The number of amides is 1. The van der Waals surface area contributed by atoms with Crippen LogP contribution in [0.5, 0.6) is 0 Å². The molecule has 1 aromatic rings. The van der Waals surface area contributed by atoms with Crippen LogP contribution in [0.3, 0.4) is 0 Å². The highest BCUT2D eigenvalue weighted by Crippen LogP contribution is 2.20. The Morgan fingerprint density at radius 1 is 1.72 bits per heavy atom. The Bertz CT molecular complexity index is 416. The summed E-state index contributed by atoms with van der Waals surface area (Å²) < 4.78 is 0. The number of likely N-dealkylation sites (tertiary alicyclic amines) is 1. The first kappa shape index (κ1) is 13.2. The molecule has 1 N–H and O–H groups in total. The average molecular weight is 265 g/mol. The maximum absolute atomic E-state index is 12.1. The third-order valence-corrected chi connectivity index (χ3v) is 3.72. The van der Waals surface area contributed by atoms with E-state index in [2.05, 4.69) is 21.8 Å². The Hall–Kier alpha value is -1.20. The van der Waals surface area contributed by atoms with Crippen molar-refractivity contribution >= 4 is 22.4 Å². The lowest BCUT2D eigenvalue weighted by atomic mass is 9.97. The SMILES string of the molecule is C=C(C)CN1CCC[C@@H](C(=O)Nc2nccs2)C1. The van der Waals surface area contributed by atoms with Crippen molar-refractivity contribution in [3.05, 3.63) is 23.7 Å². The van der Waals surface area contributed by atoms with Crippen LogP contribution >= 0.6 is 11.3 Å². The van der Waals surface area contributed by atoms with Gasteiger partial charge in [-0.15, -0.1) is 11.3 Å². The van der Waals surface area contributed by atoms with Gasteiger partial charge in [0.05, 0.1) is 5.92 Å². The summed E-state index contributed by atoms with van der Waals surface area (Å²) in [5, 5.41) is 5.44. The lowest BCUT2D eigenvalue weighted by Gasteiger charge is -2.31. The predicted molar refractivity (Wildman–Crippen MR) is 74.7 cm³/mol. The molecule has 2 rings (SSSR count). The van der Waals surface area contributed by atoms with E-state index in [0.717, 1.165) is 38.0 Å². The highest BCUT2D eigenvalue weighted by molar-refractivity contribution is 7.13. The van der Waals surface area contributed by atoms with E-state index in [-0.39, 0.29) is 11.8 Å². The van der Waals surface area contributed by atoms with Crippen LogP contribution in [0, 0.1) is 5.92 Å². The molecule has 1 aromatic heterocycles. The summed E-state index contributed by atoms with van der Waals surface area (Å²) in [5.41, 5.74) is 1.15. The van der Waals surface area contributed by atoms with Crippen molar-refractivity contribution in [3.63, 3.8) is 0 Å². The van der Waals surface area contributed by atoms with Gasteiger partial charge < -0.3 is 5.32 Å². The molecule has 1 aliphatic rings. The molecule has 0 aliphatic carbocycles. The molecule has 0 aromatic carbocycles. The second-order valence-corrected chi connectivity index (χ2v) is 5.75. The summed E-state index contributed by atoms with van der Waals surface area (Å²) in [6.07, 6.45) is 3.74. The minimum Gasteiger partial charge on any atom is -0.302 e. The number of rotatable bonds is 4. The highest BCUT2D eigenvalue weighted by Gasteiger charge is 2.25. The third kappa shape index (κ3) is 3.65. The molecule has 1 saturated heterocycles. The largest absolute Gasteiger partial charge is 0.302 e. The molecule has 18 heavy (non-hydrogen) atoms. The minimum atomic E-state index is 0.0713. The molecule has 0 saturated carbocycles. The Balaban J connectivity index is 1.88. The van der Waals surface area contributed by atoms with Gasteiger partial charge >= 0.3 is 0 Å². The zero-order valence-electron chi connectivity index (χ0n) is 10.7. The second-order valence-electron chi connectivity index (χ2n) is 4.86. The molecule has 0 bridgehead atoms. The number of carbonyl (C=O) groups excluding carboxylic acids is 1. The van der Waals surface area contributed by atoms with Gasteiger partial charge in [0.15, 0.2) is 5.13 Å². The molecule has 98 valence electrons. The van der Waals surface area contributed by atoms with E-state index in [1.807, 2.05) is 12.3 Å². The van der Waals surface area contributed by atoms with Crippen LogP contribution in [-0.2, 0) is 4.79 Å². The summed E-state index contributed by atoms with van der Waals surface area (Å²) in [5.74, 6) is 0.165. The number of hydrogen-bond acceptors (Lipinski definition) is 4. The van der Waals surface area contributed by atoms with Gasteiger partial charge in [0, 0.05) is 24.7 Å². The zero-order chi connectivity index (χ0) is 13.0. The van der Waals surface area contributed by atoms with Crippen molar-refractivity contribution < 1.29 is 4.79 Å². The van der Waals surface area contributed by atoms with Crippen LogP contribution in [0.1, 0.15) is 19.8 Å². The van der Waals surface area contributed by atoms with Gasteiger partial charge in [0.1, 0.15) is 0 Å². The van der Waals surface area contributed by atoms with Crippen molar-refractivity contribution in [3.8, 4) is 0 Å². The quantitative estimate of drug-likeness (QED) is 0.850. The van der Waals surface area contributed by atoms with Crippen molar-refractivity contribution in [1.82, 2.24) is 9.88 Å². The van der Waals surface area contributed by atoms with E-state index in [1.54, 1.807) is 6.20 Å². The third-order valence-electron chi connectivity index (χ3n) is 3.03. The fourth-order valence-electron chi connectivity index (χ4n) is 2.29. The van der Waals surface area contributed by atoms with Crippen molar-refractivity contribution in [2.24, 2.45) is 5.92 Å². The topological polar surface area (TPSA) is 45.2 Å². The fraction of sp³-hybridized carbons (Fsp3) is 0.538. The smallest absolute Gasteiger partial charge is 0.230 e. The van der Waals surface area contributed by atoms with Crippen LogP contribution in [-0.4, -0.2) is 35.4 Å². The Labute approximate surface area is 112 Å². The van der Waals surface area contributed by atoms with E-state index in [4.69, 9.17) is 0 Å². The first-order valence-corrected chi connectivity index (χ1v) is 7.10. The molecular formula is C13H19N3OS. The molecule has 0 spiro atoms. The molecule has 1 amide bonds. The minimum absolute atomic E-state index is 0.0713. The Kier molecular flexibility index (Phi) is 4.49. The first-order chi connectivity index (χ1) is 8.65. The summed E-state index contributed by atoms with van der Waals surface area (Å²) in [7, 11) is 0. The van der Waals surface area contributed by atoms with E-state index in [0.29, 0.717) is 5.13 Å². The number of carbonyl (C=O) groups is 1. The standard InChI is InChI=1S/C13H19N3OS/c1-10(2)8-16-6-3-4-11(9-16)12(17)15-13-14-5-7-18-13/h5,7,11H,1,3-4,6,8-9H2,2H3,(H,14,15,17)/t11-/m1/s1. The van der Waals surface area contributed by atoms with Crippen LogP contribution in [0.4, 0.5) is 5.13 Å². The Morgan fingerprint density at radius 3 is 3.22 bits per heavy atom. The normalized spacial score (nSPS) is 20.6. The van der Waals surface area contributed by atoms with Gasteiger partial charge in [-0.3, -0.25) is 9.69 Å². The van der Waals surface area contributed by atoms with E-state index in [1.165, 1.54) is 11.3 Å². The van der Waals surface area contributed by atoms with Gasteiger partial charge in [-0.25, -0.2) is 4.98 Å². The molecular weight excluding hydrogens is 246 g/mol. The molecule has 1 atom stereocenters. The van der Waals surface area contributed by atoms with Gasteiger partial charge in [0.2, 0.25) is 5.91 Å². The van der Waals surface area contributed by atoms with Crippen LogP contribution in [0.2, 0.25) is 0 Å². The van der Waals surface area contributed by atoms with Gasteiger partial charge in [-0.05, 0) is 26.3 Å². The molecule has 0 unspecified atom stereocenters. The summed E-state index contributed by atoms with van der Waals surface area (Å²) >= 11 is 1.46. The molecule has 2 heterocycles. The maximum Gasteiger partial charge on any atom is 0.230 e. The number of nitrogens with one attached hydrogen (secondary N) is 1. The van der Waals surface area contributed by atoms with Crippen LogP contribution in [0.25, 0.3) is 0 Å². The summed E-state index contributed by atoms with van der Waals surface area (Å²) in [4.78, 5) is 18.5. The van der Waals surface area contributed by atoms with Crippen molar-refractivity contribution in [1.29, 1.82) is 0 Å². The predicted octanol–water partition coefficient (Wildman–Crippen LogP) is 2.37. The monoisotopic (exact) mass is 265 g/mol. The lowest BCUT2D eigenvalue weighted by Crippen LogP contribution is -2.41. The number of piperidine rings is 1. The molecule has 1 aliphatic heterocycles. The molecule has 0 radical (unpaired) electrons. The molecule has 5 heteroatoms. The van der Waals surface area contributed by atoms with Gasteiger partial charge in [0.25, 0.3) is 0 Å². The van der Waals surface area contributed by atoms with Crippen molar-refractivity contribution in [2.75, 3.05) is 25.0 Å². The summed E-state index contributed by atoms with van der Waals surface area (Å²) in [6.45, 7) is 8.73. The van der Waals surface area contributed by atoms with E-state index < -0.39 is 0 Å². The van der Waals surface area contributed by atoms with Crippen molar-refractivity contribution in [2.45, 2.75) is 19.8 Å². The number of nitrogens with zero attached hydrogens (tertiary/aromatic N) is 2. The molecule has 1 fully saturated rings. The number of anilines is 1. The maximum atomic E-state index is 12.1. The number of thiazole rings is 1. The van der Waals surface area contributed by atoms with E-state index >= 15 is 0 Å². The fourth-order valence-corrected chi connectivity index (χ4v) is 2.82. The van der Waals surface area contributed by atoms with Crippen LogP contribution < -0.4 is 5.32 Å². The average Bonchev–Trinajstić information content (AvgIpc) is 2.81. The molecule has 4 nitrogen and oxygen atoms in total. The van der Waals surface area contributed by atoms with Crippen LogP contribution in [0.15, 0.2) is 23.7 Å². The number of hydrogen-bond donors (Lipinski definition) is 1. The van der Waals surface area contributed by atoms with E-state index in [9.17, 15) is 4.79 Å². The first-order valence-electron chi connectivity index (χ1n) is 6.22. The highest BCUT2D eigenvalue weighted by atomic mass is 32.1. The van der Waals surface area contributed by atoms with Gasteiger partial charge in [-0.2, -0.15) is 0 Å². The zero-order valence-corrected chi connectivity index (χ0v) is 11.5.